The van der Waals surface area contributed by atoms with Crippen LogP contribution in [0.4, 0.5) is 11.8 Å². The standard InChI is InChI=1S/C22H25Cl3N6O2/c1-13(15-6-5-14(23)11-16(15)24)27-20-17(25)12-26-22(29-20)31-9-7-30(8-10-31)21(33)18-3-2-4-19(32)28-18/h5-6,11-13,18H,2-4,7-10H2,1H3,(H,28,32)(H,26,27,29)/t13-,18-/m1/s1. The van der Waals surface area contributed by atoms with E-state index in [0.717, 1.165) is 12.0 Å². The fraction of sp³-hybridized carbons (Fsp3) is 0.455. The molecule has 3 heterocycles. The zero-order chi connectivity index (χ0) is 23.5. The molecule has 11 heteroatoms. The number of carbonyl (C=O) groups excluding carboxylic acids is 2. The van der Waals surface area contributed by atoms with E-state index in [4.69, 9.17) is 34.8 Å². The molecule has 0 aliphatic carbocycles. The molecule has 2 atom stereocenters. The van der Waals surface area contributed by atoms with E-state index in [0.29, 0.717) is 65.9 Å². The fourth-order valence-electron chi connectivity index (χ4n) is 4.08. The summed E-state index contributed by atoms with van der Waals surface area (Å²) in [4.78, 5) is 37.2. The van der Waals surface area contributed by atoms with Crippen molar-refractivity contribution in [2.75, 3.05) is 36.4 Å². The van der Waals surface area contributed by atoms with Gasteiger partial charge in [-0.3, -0.25) is 9.59 Å². The molecule has 1 aromatic heterocycles. The molecule has 33 heavy (non-hydrogen) atoms. The lowest BCUT2D eigenvalue weighted by Gasteiger charge is -2.37. The van der Waals surface area contributed by atoms with E-state index >= 15 is 0 Å². The van der Waals surface area contributed by atoms with Crippen LogP contribution in [0.15, 0.2) is 24.4 Å². The van der Waals surface area contributed by atoms with Gasteiger partial charge < -0.3 is 20.4 Å². The van der Waals surface area contributed by atoms with Gasteiger partial charge in [0.05, 0.1) is 12.2 Å². The Balaban J connectivity index is 1.40. The third-order valence-corrected chi connectivity index (χ3v) is 6.76. The van der Waals surface area contributed by atoms with Gasteiger partial charge in [0.25, 0.3) is 0 Å². The molecule has 0 saturated carbocycles. The lowest BCUT2D eigenvalue weighted by Crippen LogP contribution is -2.56. The van der Waals surface area contributed by atoms with Crippen molar-refractivity contribution in [2.24, 2.45) is 0 Å². The number of rotatable bonds is 5. The maximum Gasteiger partial charge on any atom is 0.245 e. The second-order valence-electron chi connectivity index (χ2n) is 8.22. The van der Waals surface area contributed by atoms with Crippen LogP contribution in [0.5, 0.6) is 0 Å². The van der Waals surface area contributed by atoms with E-state index in [1.165, 1.54) is 0 Å². The average molecular weight is 512 g/mol. The number of anilines is 2. The number of piperidine rings is 1. The zero-order valence-electron chi connectivity index (χ0n) is 18.2. The summed E-state index contributed by atoms with van der Waals surface area (Å²) in [6.45, 7) is 4.22. The minimum atomic E-state index is -0.415. The Morgan fingerprint density at radius 3 is 2.64 bits per heavy atom. The van der Waals surface area contributed by atoms with Crippen LogP contribution in [-0.4, -0.2) is 58.9 Å². The van der Waals surface area contributed by atoms with Gasteiger partial charge in [-0.2, -0.15) is 4.98 Å². The molecule has 2 aliphatic rings. The Hall–Kier alpha value is -2.29. The predicted octanol–water partition coefficient (Wildman–Crippen LogP) is 3.93. The maximum absolute atomic E-state index is 12.8. The maximum atomic E-state index is 12.8. The SMILES string of the molecule is C[C@@H](Nc1nc(N2CCN(C(=O)[C@H]3CCCC(=O)N3)CC2)ncc1Cl)c1ccc(Cl)cc1Cl. The van der Waals surface area contributed by atoms with Crippen molar-refractivity contribution < 1.29 is 9.59 Å². The van der Waals surface area contributed by atoms with Crippen LogP contribution in [0.1, 0.15) is 37.8 Å². The van der Waals surface area contributed by atoms with Gasteiger partial charge in [0.15, 0.2) is 5.82 Å². The highest BCUT2D eigenvalue weighted by atomic mass is 35.5. The molecule has 0 spiro atoms. The molecule has 4 rings (SSSR count). The summed E-state index contributed by atoms with van der Waals surface area (Å²) < 4.78 is 0. The highest BCUT2D eigenvalue weighted by Crippen LogP contribution is 2.30. The lowest BCUT2D eigenvalue weighted by atomic mass is 10.0. The molecule has 0 bridgehead atoms. The molecule has 0 unspecified atom stereocenters. The van der Waals surface area contributed by atoms with Crippen molar-refractivity contribution in [3.8, 4) is 0 Å². The van der Waals surface area contributed by atoms with Crippen LogP contribution < -0.4 is 15.5 Å². The number of carbonyl (C=O) groups is 2. The summed E-state index contributed by atoms with van der Waals surface area (Å²) in [6.07, 6.45) is 3.49. The molecule has 2 saturated heterocycles. The third-order valence-electron chi connectivity index (χ3n) is 5.92. The summed E-state index contributed by atoms with van der Waals surface area (Å²) in [7, 11) is 0. The normalized spacial score (nSPS) is 19.8. The van der Waals surface area contributed by atoms with Crippen LogP contribution in [-0.2, 0) is 9.59 Å². The first-order valence-electron chi connectivity index (χ1n) is 10.9. The predicted molar refractivity (Wildman–Crippen MR) is 130 cm³/mol. The largest absolute Gasteiger partial charge is 0.362 e. The number of halogens is 3. The highest BCUT2D eigenvalue weighted by molar-refractivity contribution is 6.35. The van der Waals surface area contributed by atoms with Crippen molar-refractivity contribution >= 4 is 58.4 Å². The summed E-state index contributed by atoms with van der Waals surface area (Å²) in [5.74, 6) is 0.968. The number of piperazine rings is 1. The van der Waals surface area contributed by atoms with E-state index in [1.54, 1.807) is 23.2 Å². The van der Waals surface area contributed by atoms with Crippen molar-refractivity contribution in [3.05, 3.63) is 45.0 Å². The lowest BCUT2D eigenvalue weighted by molar-refractivity contribution is -0.138. The topological polar surface area (TPSA) is 90.5 Å². The molecule has 2 fully saturated rings. The summed E-state index contributed by atoms with van der Waals surface area (Å²) in [6, 6.07) is 4.77. The van der Waals surface area contributed by atoms with Crippen molar-refractivity contribution in [1.82, 2.24) is 20.2 Å². The molecule has 2 N–H and O–H groups in total. The summed E-state index contributed by atoms with van der Waals surface area (Å²) in [5, 5.41) is 7.63. The first-order valence-corrected chi connectivity index (χ1v) is 12.0. The van der Waals surface area contributed by atoms with Gasteiger partial charge in [-0.1, -0.05) is 40.9 Å². The number of nitrogens with one attached hydrogen (secondary N) is 2. The van der Waals surface area contributed by atoms with Crippen molar-refractivity contribution in [1.29, 1.82) is 0 Å². The van der Waals surface area contributed by atoms with Crippen molar-refractivity contribution in [3.63, 3.8) is 0 Å². The van der Waals surface area contributed by atoms with Gasteiger partial charge in [-0.15, -0.1) is 0 Å². The fourth-order valence-corrected chi connectivity index (χ4v) is 4.80. The average Bonchev–Trinajstić information content (AvgIpc) is 2.80. The number of hydrogen-bond donors (Lipinski definition) is 2. The molecule has 2 amide bonds. The molecular weight excluding hydrogens is 487 g/mol. The minimum Gasteiger partial charge on any atom is -0.362 e. The quantitative estimate of drug-likeness (QED) is 0.632. The van der Waals surface area contributed by atoms with Crippen LogP contribution in [0.3, 0.4) is 0 Å². The molecule has 0 radical (unpaired) electrons. The Kier molecular flexibility index (Phi) is 7.46. The Labute approximate surface area is 207 Å². The zero-order valence-corrected chi connectivity index (χ0v) is 20.4. The van der Waals surface area contributed by atoms with Crippen LogP contribution in [0.25, 0.3) is 0 Å². The first-order chi connectivity index (χ1) is 15.8. The molecule has 1 aromatic carbocycles. The van der Waals surface area contributed by atoms with Gasteiger partial charge in [0, 0.05) is 42.6 Å². The van der Waals surface area contributed by atoms with E-state index in [1.807, 2.05) is 17.9 Å². The molecule has 8 nitrogen and oxygen atoms in total. The summed E-state index contributed by atoms with van der Waals surface area (Å²) in [5.41, 5.74) is 0.874. The number of benzene rings is 1. The van der Waals surface area contributed by atoms with E-state index in [2.05, 4.69) is 20.6 Å². The smallest absolute Gasteiger partial charge is 0.245 e. The second-order valence-corrected chi connectivity index (χ2v) is 9.47. The summed E-state index contributed by atoms with van der Waals surface area (Å²) >= 11 is 18.7. The van der Waals surface area contributed by atoms with Gasteiger partial charge in [-0.25, -0.2) is 4.98 Å². The Morgan fingerprint density at radius 1 is 1.18 bits per heavy atom. The van der Waals surface area contributed by atoms with E-state index in [-0.39, 0.29) is 17.9 Å². The minimum absolute atomic E-state index is 0.0178. The van der Waals surface area contributed by atoms with Crippen LogP contribution in [0, 0.1) is 0 Å². The first kappa shape index (κ1) is 23.9. The Morgan fingerprint density at radius 2 is 1.94 bits per heavy atom. The third kappa shape index (κ3) is 5.62. The number of hydrogen-bond acceptors (Lipinski definition) is 6. The second kappa shape index (κ2) is 10.3. The van der Waals surface area contributed by atoms with E-state index in [9.17, 15) is 9.59 Å². The van der Waals surface area contributed by atoms with Crippen LogP contribution >= 0.6 is 34.8 Å². The molecule has 176 valence electrons. The van der Waals surface area contributed by atoms with Gasteiger partial charge in [0.1, 0.15) is 11.1 Å². The number of aromatic nitrogens is 2. The monoisotopic (exact) mass is 510 g/mol. The Bertz CT molecular complexity index is 1040. The van der Waals surface area contributed by atoms with Crippen molar-refractivity contribution in [2.45, 2.75) is 38.3 Å². The molecular formula is C22H25Cl3N6O2. The number of amides is 2. The van der Waals surface area contributed by atoms with Crippen LogP contribution in [0.2, 0.25) is 15.1 Å². The van der Waals surface area contributed by atoms with Gasteiger partial charge in [-0.05, 0) is 37.5 Å². The van der Waals surface area contributed by atoms with Gasteiger partial charge in [0.2, 0.25) is 17.8 Å². The number of nitrogens with zero attached hydrogens (tertiary/aromatic N) is 4. The molecule has 2 aliphatic heterocycles. The highest BCUT2D eigenvalue weighted by Gasteiger charge is 2.31. The molecule has 2 aromatic rings. The van der Waals surface area contributed by atoms with E-state index < -0.39 is 6.04 Å². The van der Waals surface area contributed by atoms with Gasteiger partial charge >= 0.3 is 0 Å².